The highest BCUT2D eigenvalue weighted by molar-refractivity contribution is 5.14. The monoisotopic (exact) mass is 221 g/mol. The topological polar surface area (TPSA) is 42.1 Å². The molecule has 0 saturated heterocycles. The lowest BCUT2D eigenvalue weighted by molar-refractivity contribution is 0.236. The Morgan fingerprint density at radius 1 is 1.44 bits per heavy atom. The number of nitrogens with two attached hydrogens (primary N) is 1. The maximum absolute atomic E-state index is 5.84. The van der Waals surface area contributed by atoms with Crippen LogP contribution >= 0.6 is 0 Å². The normalized spacial score (nSPS) is 13.4. The van der Waals surface area contributed by atoms with Crippen molar-refractivity contribution in [3.8, 4) is 0 Å². The van der Waals surface area contributed by atoms with Crippen LogP contribution in [-0.4, -0.2) is 30.0 Å². The van der Waals surface area contributed by atoms with E-state index in [1.165, 1.54) is 12.0 Å². The van der Waals surface area contributed by atoms with Crippen molar-refractivity contribution in [3.63, 3.8) is 0 Å². The van der Waals surface area contributed by atoms with Gasteiger partial charge in [-0.05, 0) is 37.6 Å². The molecular weight excluding hydrogens is 198 g/mol. The predicted octanol–water partition coefficient (Wildman–Crippen LogP) is 2.06. The number of aromatic nitrogens is 1. The molecule has 0 amide bonds. The van der Waals surface area contributed by atoms with Crippen LogP contribution in [-0.2, 0) is 0 Å². The van der Waals surface area contributed by atoms with Crippen LogP contribution < -0.4 is 5.73 Å². The van der Waals surface area contributed by atoms with Gasteiger partial charge in [-0.15, -0.1) is 0 Å². The molecule has 3 heteroatoms. The van der Waals surface area contributed by atoms with Crippen LogP contribution in [0.1, 0.15) is 31.9 Å². The van der Waals surface area contributed by atoms with Crippen molar-refractivity contribution in [2.45, 2.75) is 26.3 Å². The first-order chi connectivity index (χ1) is 7.65. The number of pyridine rings is 1. The fourth-order valence-corrected chi connectivity index (χ4v) is 1.76. The first kappa shape index (κ1) is 13.1. The van der Waals surface area contributed by atoms with Gasteiger partial charge < -0.3 is 5.73 Å². The van der Waals surface area contributed by atoms with Crippen molar-refractivity contribution in [2.75, 3.05) is 20.1 Å². The number of likely N-dealkylation sites (N-methyl/N-ethyl adjacent to an activating group) is 1. The van der Waals surface area contributed by atoms with Gasteiger partial charge in [-0.25, -0.2) is 0 Å². The maximum atomic E-state index is 5.84. The van der Waals surface area contributed by atoms with Crippen LogP contribution in [0.15, 0.2) is 24.5 Å². The lowest BCUT2D eigenvalue weighted by Gasteiger charge is -2.27. The molecular formula is C13H23N3. The van der Waals surface area contributed by atoms with Gasteiger partial charge >= 0.3 is 0 Å². The molecule has 1 rings (SSSR count). The van der Waals surface area contributed by atoms with Crippen LogP contribution in [0.2, 0.25) is 0 Å². The zero-order chi connectivity index (χ0) is 12.0. The molecule has 16 heavy (non-hydrogen) atoms. The lowest BCUT2D eigenvalue weighted by Crippen LogP contribution is -2.31. The van der Waals surface area contributed by atoms with E-state index in [0.717, 1.165) is 12.5 Å². The first-order valence-electron chi connectivity index (χ1n) is 5.95. The molecule has 0 fully saturated rings. The Morgan fingerprint density at radius 3 is 2.69 bits per heavy atom. The standard InChI is InChI=1S/C13H23N3/c1-11(2)6-8-16(3)13(9-14)12-5-4-7-15-10-12/h4-5,7,10-11,13H,6,8-9,14H2,1-3H3. The third kappa shape index (κ3) is 3.91. The van der Waals surface area contributed by atoms with Crippen LogP contribution in [0.3, 0.4) is 0 Å². The minimum Gasteiger partial charge on any atom is -0.329 e. The average molecular weight is 221 g/mol. The second-order valence-electron chi connectivity index (χ2n) is 4.70. The first-order valence-corrected chi connectivity index (χ1v) is 5.95. The summed E-state index contributed by atoms with van der Waals surface area (Å²) in [5.41, 5.74) is 7.05. The fraction of sp³-hybridized carbons (Fsp3) is 0.615. The van der Waals surface area contributed by atoms with Gasteiger partial charge in [0, 0.05) is 25.0 Å². The van der Waals surface area contributed by atoms with E-state index >= 15 is 0 Å². The Balaban J connectivity index is 2.60. The summed E-state index contributed by atoms with van der Waals surface area (Å²) in [5.74, 6) is 0.731. The molecule has 0 aliphatic carbocycles. The Bertz CT molecular complexity index is 284. The summed E-state index contributed by atoms with van der Waals surface area (Å²) >= 11 is 0. The molecule has 0 bridgehead atoms. The van der Waals surface area contributed by atoms with Gasteiger partial charge in [0.25, 0.3) is 0 Å². The van der Waals surface area contributed by atoms with E-state index in [0.29, 0.717) is 6.54 Å². The van der Waals surface area contributed by atoms with Gasteiger partial charge in [0.05, 0.1) is 0 Å². The predicted molar refractivity (Wildman–Crippen MR) is 68.1 cm³/mol. The molecule has 2 N–H and O–H groups in total. The number of hydrogen-bond donors (Lipinski definition) is 1. The minimum absolute atomic E-state index is 0.285. The van der Waals surface area contributed by atoms with Gasteiger partial charge in [-0.1, -0.05) is 19.9 Å². The molecule has 3 nitrogen and oxygen atoms in total. The van der Waals surface area contributed by atoms with Crippen molar-refractivity contribution in [2.24, 2.45) is 11.7 Å². The van der Waals surface area contributed by atoms with Crippen LogP contribution in [0.25, 0.3) is 0 Å². The second-order valence-corrected chi connectivity index (χ2v) is 4.70. The highest BCUT2D eigenvalue weighted by Gasteiger charge is 2.15. The van der Waals surface area contributed by atoms with Crippen molar-refractivity contribution >= 4 is 0 Å². The van der Waals surface area contributed by atoms with Crippen LogP contribution in [0.5, 0.6) is 0 Å². The van der Waals surface area contributed by atoms with E-state index in [-0.39, 0.29) is 6.04 Å². The molecule has 0 spiro atoms. The van der Waals surface area contributed by atoms with Crippen molar-refractivity contribution < 1.29 is 0 Å². The fourth-order valence-electron chi connectivity index (χ4n) is 1.76. The zero-order valence-electron chi connectivity index (χ0n) is 10.6. The van der Waals surface area contributed by atoms with Crippen molar-refractivity contribution in [1.82, 2.24) is 9.88 Å². The average Bonchev–Trinajstić information content (AvgIpc) is 2.29. The Kier molecular flexibility index (Phi) is 5.43. The molecule has 1 unspecified atom stereocenters. The Morgan fingerprint density at radius 2 is 2.19 bits per heavy atom. The van der Waals surface area contributed by atoms with Gasteiger partial charge in [-0.3, -0.25) is 9.88 Å². The van der Waals surface area contributed by atoms with Crippen molar-refractivity contribution in [3.05, 3.63) is 30.1 Å². The molecule has 90 valence electrons. The molecule has 0 saturated carbocycles. The summed E-state index contributed by atoms with van der Waals surface area (Å²) in [6.07, 6.45) is 4.90. The van der Waals surface area contributed by atoms with Gasteiger partial charge in [0.2, 0.25) is 0 Å². The van der Waals surface area contributed by atoms with E-state index < -0.39 is 0 Å². The molecule has 0 aliphatic rings. The summed E-state index contributed by atoms with van der Waals surface area (Å²) < 4.78 is 0. The third-order valence-electron chi connectivity index (χ3n) is 2.88. The molecule has 0 aliphatic heterocycles. The second kappa shape index (κ2) is 6.61. The highest BCUT2D eigenvalue weighted by atomic mass is 15.1. The van der Waals surface area contributed by atoms with Gasteiger partial charge in [0.15, 0.2) is 0 Å². The quantitative estimate of drug-likeness (QED) is 0.799. The highest BCUT2D eigenvalue weighted by Crippen LogP contribution is 2.17. The molecule has 1 heterocycles. The minimum atomic E-state index is 0.285. The Labute approximate surface area is 98.7 Å². The van der Waals surface area contributed by atoms with E-state index in [2.05, 4.69) is 36.8 Å². The largest absolute Gasteiger partial charge is 0.329 e. The number of nitrogens with zero attached hydrogens (tertiary/aromatic N) is 2. The molecule has 1 atom stereocenters. The van der Waals surface area contributed by atoms with E-state index in [4.69, 9.17) is 5.73 Å². The SMILES string of the molecule is CC(C)CCN(C)C(CN)c1cccnc1. The lowest BCUT2D eigenvalue weighted by atomic mass is 10.1. The summed E-state index contributed by atoms with van der Waals surface area (Å²) in [6, 6.07) is 4.34. The van der Waals surface area contributed by atoms with E-state index in [1.807, 2.05) is 12.3 Å². The molecule has 1 aromatic rings. The molecule has 1 aromatic heterocycles. The van der Waals surface area contributed by atoms with Gasteiger partial charge in [-0.2, -0.15) is 0 Å². The van der Waals surface area contributed by atoms with Gasteiger partial charge in [0.1, 0.15) is 0 Å². The third-order valence-corrected chi connectivity index (χ3v) is 2.88. The summed E-state index contributed by atoms with van der Waals surface area (Å²) in [6.45, 7) is 6.21. The molecule has 0 radical (unpaired) electrons. The van der Waals surface area contributed by atoms with E-state index in [9.17, 15) is 0 Å². The Hall–Kier alpha value is -0.930. The number of hydrogen-bond acceptors (Lipinski definition) is 3. The summed E-state index contributed by atoms with van der Waals surface area (Å²) in [4.78, 5) is 6.47. The summed E-state index contributed by atoms with van der Waals surface area (Å²) in [7, 11) is 2.13. The van der Waals surface area contributed by atoms with E-state index in [1.54, 1.807) is 6.20 Å². The zero-order valence-corrected chi connectivity index (χ0v) is 10.6. The summed E-state index contributed by atoms with van der Waals surface area (Å²) in [5, 5.41) is 0. The van der Waals surface area contributed by atoms with Crippen molar-refractivity contribution in [1.29, 1.82) is 0 Å². The smallest absolute Gasteiger partial charge is 0.0482 e. The molecule has 0 aromatic carbocycles. The maximum Gasteiger partial charge on any atom is 0.0482 e. The van der Waals surface area contributed by atoms with Crippen LogP contribution in [0.4, 0.5) is 0 Å². The number of rotatable bonds is 6. The van der Waals surface area contributed by atoms with Crippen LogP contribution in [0, 0.1) is 5.92 Å².